The van der Waals surface area contributed by atoms with Crippen LogP contribution in [0.15, 0.2) is 0 Å². The molecule has 2 atom stereocenters. The van der Waals surface area contributed by atoms with Gasteiger partial charge in [-0.3, -0.25) is 14.1 Å². The van der Waals surface area contributed by atoms with Crippen molar-refractivity contribution in [1.82, 2.24) is 4.67 Å². The fourth-order valence-corrected chi connectivity index (χ4v) is 1.96. The molecule has 0 aliphatic rings. The van der Waals surface area contributed by atoms with Crippen LogP contribution in [0.25, 0.3) is 0 Å². The SMILES string of the molecule is CCOC(=O)C(OC(=O)C(C)C)OC(=O)N(CC(=O)O)P(=O)(O)OC. The molecule has 0 heterocycles. The van der Waals surface area contributed by atoms with Gasteiger partial charge in [0.05, 0.1) is 12.5 Å². The molecular formula is C12H20NO11P. The third-order valence-corrected chi connectivity index (χ3v) is 3.81. The van der Waals surface area contributed by atoms with Gasteiger partial charge in [-0.15, -0.1) is 0 Å². The number of rotatable bonds is 9. The molecule has 0 aliphatic carbocycles. The Hall–Kier alpha value is -2.17. The largest absolute Gasteiger partial charge is 0.480 e. The lowest BCUT2D eigenvalue weighted by Crippen LogP contribution is -2.41. The van der Waals surface area contributed by atoms with Crippen LogP contribution in [0.5, 0.6) is 0 Å². The summed E-state index contributed by atoms with van der Waals surface area (Å²) in [5.41, 5.74) is 0. The predicted octanol–water partition coefficient (Wildman–Crippen LogP) is 0.345. The first kappa shape index (κ1) is 22.8. The van der Waals surface area contributed by atoms with Gasteiger partial charge in [-0.2, -0.15) is 0 Å². The molecule has 0 bridgehead atoms. The molecule has 0 rings (SSSR count). The number of hydrogen-bond donors (Lipinski definition) is 2. The molecule has 1 amide bonds. The summed E-state index contributed by atoms with van der Waals surface area (Å²) in [5.74, 6) is -4.52. The van der Waals surface area contributed by atoms with Crippen LogP contribution in [-0.4, -0.2) is 65.2 Å². The molecule has 0 fully saturated rings. The molecule has 0 aliphatic heterocycles. The molecule has 2 N–H and O–H groups in total. The monoisotopic (exact) mass is 385 g/mol. The van der Waals surface area contributed by atoms with Crippen molar-refractivity contribution in [3.63, 3.8) is 0 Å². The van der Waals surface area contributed by atoms with E-state index in [1.807, 2.05) is 0 Å². The lowest BCUT2D eigenvalue weighted by atomic mass is 10.2. The van der Waals surface area contributed by atoms with E-state index in [4.69, 9.17) is 5.11 Å². The van der Waals surface area contributed by atoms with Gasteiger partial charge in [0, 0.05) is 7.11 Å². The second kappa shape index (κ2) is 9.97. The smallest absolute Gasteiger partial charge is 0.437 e. The third kappa shape index (κ3) is 7.50. The van der Waals surface area contributed by atoms with Gasteiger partial charge >= 0.3 is 38.0 Å². The van der Waals surface area contributed by atoms with Crippen molar-refractivity contribution in [2.24, 2.45) is 5.92 Å². The molecule has 2 unspecified atom stereocenters. The van der Waals surface area contributed by atoms with Gasteiger partial charge in [0.1, 0.15) is 6.54 Å². The summed E-state index contributed by atoms with van der Waals surface area (Å²) in [7, 11) is -4.11. The van der Waals surface area contributed by atoms with Crippen molar-refractivity contribution < 1.29 is 52.5 Å². The van der Waals surface area contributed by atoms with E-state index < -0.39 is 50.5 Å². The van der Waals surface area contributed by atoms with Crippen LogP contribution < -0.4 is 0 Å². The summed E-state index contributed by atoms with van der Waals surface area (Å²) in [6.45, 7) is 2.91. The zero-order valence-corrected chi connectivity index (χ0v) is 14.9. The maximum Gasteiger partial charge on any atom is 0.437 e. The third-order valence-electron chi connectivity index (χ3n) is 2.42. The predicted molar refractivity (Wildman–Crippen MR) is 79.0 cm³/mol. The Bertz CT molecular complexity index is 561. The van der Waals surface area contributed by atoms with Gasteiger partial charge in [-0.25, -0.2) is 18.8 Å². The van der Waals surface area contributed by atoms with Gasteiger partial charge in [-0.1, -0.05) is 13.8 Å². The number of amides is 1. The summed E-state index contributed by atoms with van der Waals surface area (Å²) >= 11 is 0. The lowest BCUT2D eigenvalue weighted by Gasteiger charge is -2.25. The first-order valence-corrected chi connectivity index (χ1v) is 8.45. The molecule has 0 aromatic rings. The van der Waals surface area contributed by atoms with E-state index in [1.54, 1.807) is 0 Å². The van der Waals surface area contributed by atoms with Crippen molar-refractivity contribution in [2.75, 3.05) is 20.3 Å². The van der Waals surface area contributed by atoms with Gasteiger partial charge < -0.3 is 24.2 Å². The van der Waals surface area contributed by atoms with Crippen molar-refractivity contribution in [3.8, 4) is 0 Å². The average molecular weight is 385 g/mol. The van der Waals surface area contributed by atoms with E-state index in [1.165, 1.54) is 20.8 Å². The molecule has 0 saturated heterocycles. The van der Waals surface area contributed by atoms with E-state index in [0.29, 0.717) is 0 Å². The fourth-order valence-electron chi connectivity index (χ4n) is 1.21. The lowest BCUT2D eigenvalue weighted by molar-refractivity contribution is -0.193. The zero-order valence-electron chi connectivity index (χ0n) is 14.0. The summed E-state index contributed by atoms with van der Waals surface area (Å²) < 4.78 is 29.5. The first-order chi connectivity index (χ1) is 11.5. The second-order valence-corrected chi connectivity index (χ2v) is 6.51. The maximum atomic E-state index is 12.0. The molecule has 0 aromatic heterocycles. The number of carbonyl (C=O) groups excluding carboxylic acids is 3. The Morgan fingerprint density at radius 3 is 2.08 bits per heavy atom. The van der Waals surface area contributed by atoms with E-state index in [-0.39, 0.29) is 11.3 Å². The quantitative estimate of drug-likeness (QED) is 0.319. The Morgan fingerprint density at radius 1 is 1.12 bits per heavy atom. The number of hydrogen-bond acceptors (Lipinski definition) is 9. The highest BCUT2D eigenvalue weighted by Gasteiger charge is 2.40. The minimum absolute atomic E-state index is 0.137. The van der Waals surface area contributed by atoms with Crippen molar-refractivity contribution in [3.05, 3.63) is 0 Å². The van der Waals surface area contributed by atoms with Crippen LogP contribution in [0.3, 0.4) is 0 Å². The molecule has 12 nitrogen and oxygen atoms in total. The zero-order chi connectivity index (χ0) is 19.8. The summed E-state index contributed by atoms with van der Waals surface area (Å²) in [4.78, 5) is 55.5. The normalized spacial score (nSPS) is 14.2. The number of ether oxygens (including phenoxy) is 3. The maximum absolute atomic E-state index is 12.0. The number of carbonyl (C=O) groups is 4. The Balaban J connectivity index is 5.43. The van der Waals surface area contributed by atoms with Gasteiger partial charge in [0.25, 0.3) is 0 Å². The highest BCUT2D eigenvalue weighted by atomic mass is 31.2. The van der Waals surface area contributed by atoms with Crippen LogP contribution in [0.1, 0.15) is 20.8 Å². The summed E-state index contributed by atoms with van der Waals surface area (Å²) in [5, 5.41) is 8.72. The van der Waals surface area contributed by atoms with E-state index >= 15 is 0 Å². The van der Waals surface area contributed by atoms with E-state index in [0.717, 1.165) is 7.11 Å². The van der Waals surface area contributed by atoms with Gasteiger partial charge in [-0.05, 0) is 6.92 Å². The second-order valence-electron chi connectivity index (χ2n) is 4.68. The number of carboxylic acids is 1. The minimum Gasteiger partial charge on any atom is -0.480 e. The minimum atomic E-state index is -4.86. The molecule has 0 radical (unpaired) electrons. The van der Waals surface area contributed by atoms with Crippen molar-refractivity contribution in [2.45, 2.75) is 27.1 Å². The average Bonchev–Trinajstić information content (AvgIpc) is 2.51. The molecule has 13 heteroatoms. The molecule has 25 heavy (non-hydrogen) atoms. The molecule has 144 valence electrons. The van der Waals surface area contributed by atoms with E-state index in [9.17, 15) is 28.6 Å². The summed E-state index contributed by atoms with van der Waals surface area (Å²) in [6.07, 6.45) is -3.92. The number of nitrogens with zero attached hydrogens (tertiary/aromatic N) is 1. The molecule has 0 spiro atoms. The number of carboxylic acid groups (broad SMARTS) is 1. The summed E-state index contributed by atoms with van der Waals surface area (Å²) in [6, 6.07) is 0. The Labute approximate surface area is 143 Å². The molecule has 0 aromatic carbocycles. The van der Waals surface area contributed by atoms with Crippen molar-refractivity contribution in [1.29, 1.82) is 0 Å². The molecular weight excluding hydrogens is 365 g/mol. The standard InChI is InChI=1S/C12H20NO11P/c1-5-22-10(17)11(23-9(16)7(2)3)24-12(18)13(6-8(14)15)25(19,20)21-4/h7,11H,5-6H2,1-4H3,(H,14,15)(H,19,20). The Morgan fingerprint density at radius 2 is 1.68 bits per heavy atom. The topological polar surface area (TPSA) is 166 Å². The first-order valence-electron chi connectivity index (χ1n) is 6.92. The van der Waals surface area contributed by atoms with Crippen LogP contribution in [-0.2, 0) is 37.7 Å². The van der Waals surface area contributed by atoms with Crippen LogP contribution in [0.4, 0.5) is 4.79 Å². The highest BCUT2D eigenvalue weighted by Crippen LogP contribution is 2.45. The van der Waals surface area contributed by atoms with Crippen LogP contribution in [0, 0.1) is 5.92 Å². The highest BCUT2D eigenvalue weighted by molar-refractivity contribution is 7.51. The van der Waals surface area contributed by atoms with E-state index in [2.05, 4.69) is 18.7 Å². The van der Waals surface area contributed by atoms with Crippen molar-refractivity contribution >= 4 is 31.7 Å². The van der Waals surface area contributed by atoms with Crippen LogP contribution in [0.2, 0.25) is 0 Å². The number of esters is 2. The van der Waals surface area contributed by atoms with Gasteiger partial charge in [0.15, 0.2) is 0 Å². The van der Waals surface area contributed by atoms with Gasteiger partial charge in [0.2, 0.25) is 0 Å². The van der Waals surface area contributed by atoms with Crippen LogP contribution >= 0.6 is 7.75 Å². The fraction of sp³-hybridized carbons (Fsp3) is 0.667. The molecule has 0 saturated carbocycles. The Kier molecular flexibility index (Phi) is 9.10. The number of aliphatic carboxylic acids is 1.